The van der Waals surface area contributed by atoms with Crippen LogP contribution in [0.5, 0.6) is 0 Å². The first-order valence-electron chi connectivity index (χ1n) is 5.52. The van der Waals surface area contributed by atoms with Crippen molar-refractivity contribution < 1.29 is 16.8 Å². The molecule has 0 aliphatic carbocycles. The third-order valence-electron chi connectivity index (χ3n) is 3.12. The van der Waals surface area contributed by atoms with Crippen molar-refractivity contribution in [1.82, 2.24) is 0 Å². The number of hydrogen-bond donors (Lipinski definition) is 0. The maximum atomic E-state index is 12.5. The lowest BCUT2D eigenvalue weighted by atomic mass is 10.2. The van der Waals surface area contributed by atoms with Gasteiger partial charge < -0.3 is 0 Å². The zero-order valence-electron chi connectivity index (χ0n) is 9.68. The van der Waals surface area contributed by atoms with Crippen molar-refractivity contribution in [3.8, 4) is 0 Å². The Morgan fingerprint density at radius 1 is 1.11 bits per heavy atom. The first kappa shape index (κ1) is 12.8. The molecule has 0 spiro atoms. The van der Waals surface area contributed by atoms with Gasteiger partial charge in [0.2, 0.25) is 0 Å². The molecule has 1 atom stereocenters. The lowest BCUT2D eigenvalue weighted by Gasteiger charge is -2.09. The van der Waals surface area contributed by atoms with Gasteiger partial charge in [0.15, 0.2) is 19.7 Å². The van der Waals surface area contributed by atoms with E-state index in [1.165, 1.54) is 12.1 Å². The maximum Gasteiger partial charge on any atom is 0.195 e. The highest BCUT2D eigenvalue weighted by atomic mass is 32.2. The van der Waals surface area contributed by atoms with Gasteiger partial charge in [-0.3, -0.25) is 0 Å². The van der Waals surface area contributed by atoms with E-state index in [4.69, 9.17) is 0 Å². The van der Waals surface area contributed by atoms with E-state index < -0.39 is 24.9 Å². The number of rotatable bonds is 2. The molecule has 2 aromatic rings. The molecule has 4 nitrogen and oxygen atoms in total. The molecule has 0 amide bonds. The molecule has 0 unspecified atom stereocenters. The fourth-order valence-corrected chi connectivity index (χ4v) is 7.76. The van der Waals surface area contributed by atoms with Crippen molar-refractivity contribution >= 4 is 31.0 Å². The number of hydrogen-bond acceptors (Lipinski definition) is 5. The fourth-order valence-electron chi connectivity index (χ4n) is 2.23. The van der Waals surface area contributed by atoms with Crippen molar-refractivity contribution in [3.05, 3.63) is 47.3 Å². The third-order valence-corrected chi connectivity index (χ3v) is 8.66. The van der Waals surface area contributed by atoms with E-state index in [9.17, 15) is 16.8 Å². The molecule has 0 saturated carbocycles. The van der Waals surface area contributed by atoms with E-state index in [2.05, 4.69) is 0 Å². The van der Waals surface area contributed by atoms with Gasteiger partial charge in [0.05, 0.1) is 10.6 Å². The Balaban J connectivity index is 2.21. The number of sulfone groups is 2. The van der Waals surface area contributed by atoms with Crippen molar-refractivity contribution in [2.75, 3.05) is 5.75 Å². The summed E-state index contributed by atoms with van der Waals surface area (Å²) in [5.74, 6) is -0.368. The second-order valence-electron chi connectivity index (χ2n) is 4.28. The van der Waals surface area contributed by atoms with Crippen LogP contribution in [0.2, 0.25) is 0 Å². The maximum absolute atomic E-state index is 12.5. The second kappa shape index (κ2) is 4.16. The monoisotopic (exact) mass is 314 g/mol. The molecule has 0 saturated heterocycles. The summed E-state index contributed by atoms with van der Waals surface area (Å²) in [6.45, 7) is 0. The molecule has 7 heteroatoms. The largest absolute Gasteiger partial charge is 0.224 e. The average molecular weight is 314 g/mol. The van der Waals surface area contributed by atoms with E-state index >= 15 is 0 Å². The smallest absolute Gasteiger partial charge is 0.195 e. The van der Waals surface area contributed by atoms with Crippen LogP contribution in [-0.4, -0.2) is 22.6 Å². The molecule has 0 N–H and O–H groups in total. The lowest BCUT2D eigenvalue weighted by Crippen LogP contribution is -2.14. The molecule has 0 bridgehead atoms. The minimum Gasteiger partial charge on any atom is -0.224 e. The molecule has 19 heavy (non-hydrogen) atoms. The quantitative estimate of drug-likeness (QED) is 0.851. The molecule has 0 radical (unpaired) electrons. The lowest BCUT2D eigenvalue weighted by molar-refractivity contribution is 0.584. The summed E-state index contributed by atoms with van der Waals surface area (Å²) in [6, 6.07) is 9.47. The molecular weight excluding hydrogens is 304 g/mol. The van der Waals surface area contributed by atoms with Crippen LogP contribution in [0.15, 0.2) is 50.9 Å². The zero-order chi connectivity index (χ0) is 13.7. The summed E-state index contributed by atoms with van der Waals surface area (Å²) >= 11 is 1.11. The van der Waals surface area contributed by atoms with Gasteiger partial charge in [0, 0.05) is 0 Å². The Morgan fingerprint density at radius 2 is 1.84 bits per heavy atom. The van der Waals surface area contributed by atoms with Crippen molar-refractivity contribution in [2.24, 2.45) is 0 Å². The Hall–Kier alpha value is -1.18. The van der Waals surface area contributed by atoms with Gasteiger partial charge in [0.1, 0.15) is 9.46 Å². The molecule has 3 rings (SSSR count). The van der Waals surface area contributed by atoms with Crippen LogP contribution in [0, 0.1) is 0 Å². The zero-order valence-corrected chi connectivity index (χ0v) is 12.1. The Labute approximate surface area is 115 Å². The van der Waals surface area contributed by atoms with Crippen molar-refractivity contribution in [2.45, 2.75) is 14.4 Å². The van der Waals surface area contributed by atoms with Crippen LogP contribution in [0.1, 0.15) is 10.8 Å². The van der Waals surface area contributed by atoms with E-state index in [-0.39, 0.29) is 14.9 Å². The molecule has 1 aromatic heterocycles. The molecular formula is C12H10O4S3. The fraction of sp³-hybridized carbons (Fsp3) is 0.167. The van der Waals surface area contributed by atoms with Crippen LogP contribution >= 0.6 is 11.3 Å². The minimum atomic E-state index is -3.64. The van der Waals surface area contributed by atoms with Gasteiger partial charge >= 0.3 is 0 Å². The van der Waals surface area contributed by atoms with E-state index in [0.29, 0.717) is 5.56 Å². The molecule has 1 aliphatic rings. The van der Waals surface area contributed by atoms with Crippen LogP contribution < -0.4 is 0 Å². The van der Waals surface area contributed by atoms with Gasteiger partial charge in [0.25, 0.3) is 0 Å². The molecule has 1 aliphatic heterocycles. The predicted molar refractivity (Wildman–Crippen MR) is 72.7 cm³/mol. The predicted octanol–water partition coefficient (Wildman–Crippen LogP) is 2.05. The van der Waals surface area contributed by atoms with E-state index in [1.807, 2.05) is 0 Å². The van der Waals surface area contributed by atoms with E-state index in [0.717, 1.165) is 11.3 Å². The molecule has 2 heterocycles. The molecule has 100 valence electrons. The number of fused-ring (bicyclic) bond motifs is 1. The van der Waals surface area contributed by atoms with Gasteiger partial charge in [-0.2, -0.15) is 0 Å². The Kier molecular flexibility index (Phi) is 2.81. The highest BCUT2D eigenvalue weighted by Gasteiger charge is 2.42. The summed E-state index contributed by atoms with van der Waals surface area (Å²) in [4.78, 5) is 0.139. The van der Waals surface area contributed by atoms with Crippen molar-refractivity contribution in [3.63, 3.8) is 0 Å². The van der Waals surface area contributed by atoms with Gasteiger partial charge in [-0.15, -0.1) is 11.3 Å². The summed E-state index contributed by atoms with van der Waals surface area (Å²) in [5, 5.41) is 0.676. The SMILES string of the molecule is O=S1(=O)C[C@@H](S(=O)(=O)c2cccs2)c2ccccc21. The van der Waals surface area contributed by atoms with Crippen LogP contribution in [0.4, 0.5) is 0 Å². The average Bonchev–Trinajstić information content (AvgIpc) is 2.97. The first-order chi connectivity index (χ1) is 8.93. The summed E-state index contributed by atoms with van der Waals surface area (Å²) in [5.41, 5.74) is 0.385. The second-order valence-corrected chi connectivity index (χ2v) is 9.59. The summed E-state index contributed by atoms with van der Waals surface area (Å²) in [6.07, 6.45) is 0. The standard InChI is InChI=1S/C12H10O4S3/c13-18(14)8-11(9-4-1-2-5-10(9)18)19(15,16)12-6-3-7-17-12/h1-7,11H,8H2/t11-/m1/s1. The van der Waals surface area contributed by atoms with Gasteiger partial charge in [-0.25, -0.2) is 16.8 Å². The minimum absolute atomic E-state index is 0.139. The van der Waals surface area contributed by atoms with Crippen LogP contribution in [0.3, 0.4) is 0 Å². The molecule has 0 fully saturated rings. The normalized spacial score (nSPS) is 21.2. The van der Waals surface area contributed by atoms with Gasteiger partial charge in [-0.05, 0) is 23.1 Å². The topological polar surface area (TPSA) is 68.3 Å². The molecule has 1 aromatic carbocycles. The Morgan fingerprint density at radius 3 is 2.53 bits per heavy atom. The highest BCUT2D eigenvalue weighted by molar-refractivity contribution is 7.97. The third kappa shape index (κ3) is 1.92. The number of thiophene rings is 1. The van der Waals surface area contributed by atoms with E-state index in [1.54, 1.807) is 29.6 Å². The van der Waals surface area contributed by atoms with Crippen LogP contribution in [-0.2, 0) is 19.7 Å². The summed E-state index contributed by atoms with van der Waals surface area (Å²) < 4.78 is 49.2. The Bertz CT molecular complexity index is 818. The highest BCUT2D eigenvalue weighted by Crippen LogP contribution is 2.41. The first-order valence-corrected chi connectivity index (χ1v) is 9.60. The summed E-state index contributed by atoms with van der Waals surface area (Å²) in [7, 11) is -7.14. The van der Waals surface area contributed by atoms with Crippen LogP contribution in [0.25, 0.3) is 0 Å². The van der Waals surface area contributed by atoms with Crippen molar-refractivity contribution in [1.29, 1.82) is 0 Å². The van der Waals surface area contributed by atoms with Gasteiger partial charge in [-0.1, -0.05) is 24.3 Å². The number of benzene rings is 1.